The fraction of sp³-hybridized carbons (Fsp3) is 0.400. The van der Waals surface area contributed by atoms with Crippen molar-refractivity contribution in [2.75, 3.05) is 5.32 Å². The Bertz CT molecular complexity index is 746. The van der Waals surface area contributed by atoms with Crippen LogP contribution in [0.2, 0.25) is 5.02 Å². The fourth-order valence-corrected chi connectivity index (χ4v) is 3.73. The number of rotatable bonds is 4. The maximum atomic E-state index is 12.5. The molecular formula is C20H24ClN3O. The lowest BCUT2D eigenvalue weighted by Gasteiger charge is -2.22. The predicted octanol–water partition coefficient (Wildman–Crippen LogP) is 5.16. The third-order valence-electron chi connectivity index (χ3n) is 4.64. The second-order valence-corrected chi connectivity index (χ2v) is 7.24. The van der Waals surface area contributed by atoms with E-state index in [2.05, 4.69) is 21.7 Å². The maximum Gasteiger partial charge on any atom is 0.253 e. The summed E-state index contributed by atoms with van der Waals surface area (Å²) in [4.78, 5) is 16.7. The van der Waals surface area contributed by atoms with Gasteiger partial charge in [0.1, 0.15) is 0 Å². The number of pyridine rings is 1. The number of hydrogen-bond acceptors (Lipinski definition) is 3. The van der Waals surface area contributed by atoms with Crippen LogP contribution in [0.25, 0.3) is 0 Å². The molecule has 2 N–H and O–H groups in total. The highest BCUT2D eigenvalue weighted by molar-refractivity contribution is 6.33. The van der Waals surface area contributed by atoms with Crippen LogP contribution in [0.1, 0.15) is 53.6 Å². The molecule has 132 valence electrons. The van der Waals surface area contributed by atoms with Crippen LogP contribution in [0.15, 0.2) is 30.6 Å². The van der Waals surface area contributed by atoms with E-state index in [1.54, 1.807) is 12.4 Å². The molecule has 0 spiro atoms. The molecule has 1 aliphatic carbocycles. The smallest absolute Gasteiger partial charge is 0.253 e. The SMILES string of the molecule is Cc1cc(C)c(Nc2cncc(C(=O)NC3CCCCC3)c2)c(Cl)c1. The number of aromatic nitrogens is 1. The number of amides is 1. The Labute approximate surface area is 154 Å². The van der Waals surface area contributed by atoms with Gasteiger partial charge >= 0.3 is 0 Å². The highest BCUT2D eigenvalue weighted by Gasteiger charge is 2.17. The third kappa shape index (κ3) is 4.51. The van der Waals surface area contributed by atoms with Crippen molar-refractivity contribution in [2.24, 2.45) is 0 Å². The van der Waals surface area contributed by atoms with Gasteiger partial charge in [-0.05, 0) is 49.9 Å². The van der Waals surface area contributed by atoms with Crippen LogP contribution in [-0.2, 0) is 0 Å². The van der Waals surface area contributed by atoms with Crippen LogP contribution in [0.5, 0.6) is 0 Å². The molecule has 0 saturated heterocycles. The molecule has 1 saturated carbocycles. The van der Waals surface area contributed by atoms with E-state index in [1.165, 1.54) is 19.3 Å². The van der Waals surface area contributed by atoms with Crippen molar-refractivity contribution in [3.63, 3.8) is 0 Å². The highest BCUT2D eigenvalue weighted by atomic mass is 35.5. The number of nitrogens with one attached hydrogen (secondary N) is 2. The monoisotopic (exact) mass is 357 g/mol. The second-order valence-electron chi connectivity index (χ2n) is 6.83. The Morgan fingerprint density at radius 1 is 1.12 bits per heavy atom. The molecule has 1 fully saturated rings. The molecule has 1 aliphatic rings. The van der Waals surface area contributed by atoms with Gasteiger partial charge in [-0.15, -0.1) is 0 Å². The fourth-order valence-electron chi connectivity index (χ4n) is 3.37. The summed E-state index contributed by atoms with van der Waals surface area (Å²) in [6, 6.07) is 6.10. The van der Waals surface area contributed by atoms with Gasteiger partial charge in [-0.3, -0.25) is 9.78 Å². The lowest BCUT2D eigenvalue weighted by Crippen LogP contribution is -2.36. The van der Waals surface area contributed by atoms with Gasteiger partial charge in [0.15, 0.2) is 0 Å². The Balaban J connectivity index is 1.74. The van der Waals surface area contributed by atoms with Crippen LogP contribution in [-0.4, -0.2) is 16.9 Å². The van der Waals surface area contributed by atoms with Crippen LogP contribution >= 0.6 is 11.6 Å². The highest BCUT2D eigenvalue weighted by Crippen LogP contribution is 2.30. The molecule has 1 amide bonds. The minimum atomic E-state index is -0.0604. The first-order valence-electron chi connectivity index (χ1n) is 8.82. The average Bonchev–Trinajstić information content (AvgIpc) is 2.59. The van der Waals surface area contributed by atoms with Gasteiger partial charge in [0.05, 0.1) is 28.2 Å². The molecule has 0 unspecified atom stereocenters. The van der Waals surface area contributed by atoms with Crippen LogP contribution < -0.4 is 10.6 Å². The number of nitrogens with zero attached hydrogens (tertiary/aromatic N) is 1. The average molecular weight is 358 g/mol. The van der Waals surface area contributed by atoms with Crippen molar-refractivity contribution in [3.05, 3.63) is 52.3 Å². The van der Waals surface area contributed by atoms with E-state index in [9.17, 15) is 4.79 Å². The standard InChI is InChI=1S/C20H24ClN3O/c1-13-8-14(2)19(18(21)9-13)23-17-10-15(11-22-12-17)20(25)24-16-6-4-3-5-7-16/h8-12,16,23H,3-7H2,1-2H3,(H,24,25). The molecule has 4 nitrogen and oxygen atoms in total. The lowest BCUT2D eigenvalue weighted by molar-refractivity contribution is 0.0927. The number of carbonyl (C=O) groups is 1. The number of halogens is 1. The molecule has 25 heavy (non-hydrogen) atoms. The summed E-state index contributed by atoms with van der Waals surface area (Å²) in [5, 5.41) is 7.08. The van der Waals surface area contributed by atoms with Gasteiger partial charge in [0.25, 0.3) is 5.91 Å². The summed E-state index contributed by atoms with van der Waals surface area (Å²) in [5.74, 6) is -0.0604. The van der Waals surface area contributed by atoms with Crippen LogP contribution in [0.3, 0.4) is 0 Å². The third-order valence-corrected chi connectivity index (χ3v) is 4.94. The van der Waals surface area contributed by atoms with E-state index < -0.39 is 0 Å². The molecule has 0 aliphatic heterocycles. The molecule has 3 rings (SSSR count). The molecular weight excluding hydrogens is 334 g/mol. The topological polar surface area (TPSA) is 54.0 Å². The van der Waals surface area contributed by atoms with Crippen molar-refractivity contribution >= 4 is 28.9 Å². The van der Waals surface area contributed by atoms with Gasteiger partial charge in [0, 0.05) is 12.2 Å². The van der Waals surface area contributed by atoms with Gasteiger partial charge in [-0.2, -0.15) is 0 Å². The zero-order valence-electron chi connectivity index (χ0n) is 14.7. The molecule has 0 atom stereocenters. The van der Waals surface area contributed by atoms with Crippen molar-refractivity contribution < 1.29 is 4.79 Å². The number of benzene rings is 1. The van der Waals surface area contributed by atoms with Gasteiger partial charge in [-0.1, -0.05) is 36.9 Å². The molecule has 0 bridgehead atoms. The second kappa shape index (κ2) is 7.87. The summed E-state index contributed by atoms with van der Waals surface area (Å²) in [5.41, 5.74) is 4.34. The Morgan fingerprint density at radius 3 is 2.60 bits per heavy atom. The van der Waals surface area contributed by atoms with E-state index >= 15 is 0 Å². The molecule has 1 aromatic heterocycles. The number of anilines is 2. The van der Waals surface area contributed by atoms with E-state index in [-0.39, 0.29) is 11.9 Å². The zero-order chi connectivity index (χ0) is 17.8. The number of aryl methyl sites for hydroxylation is 2. The Hall–Kier alpha value is -2.07. The summed E-state index contributed by atoms with van der Waals surface area (Å²) < 4.78 is 0. The van der Waals surface area contributed by atoms with Crippen LogP contribution in [0, 0.1) is 13.8 Å². The maximum absolute atomic E-state index is 12.5. The van der Waals surface area contributed by atoms with E-state index in [1.807, 2.05) is 26.0 Å². The van der Waals surface area contributed by atoms with E-state index in [0.717, 1.165) is 35.3 Å². The first-order valence-corrected chi connectivity index (χ1v) is 9.20. The van der Waals surface area contributed by atoms with Gasteiger partial charge in [0.2, 0.25) is 0 Å². The quantitative estimate of drug-likeness (QED) is 0.794. The molecule has 1 aromatic carbocycles. The van der Waals surface area contributed by atoms with E-state index in [4.69, 9.17) is 11.6 Å². The molecule has 2 aromatic rings. The summed E-state index contributed by atoms with van der Waals surface area (Å²) >= 11 is 6.35. The summed E-state index contributed by atoms with van der Waals surface area (Å²) in [7, 11) is 0. The van der Waals surface area contributed by atoms with Crippen molar-refractivity contribution in [3.8, 4) is 0 Å². The Morgan fingerprint density at radius 2 is 1.88 bits per heavy atom. The van der Waals surface area contributed by atoms with E-state index in [0.29, 0.717) is 10.6 Å². The first-order chi connectivity index (χ1) is 12.0. The van der Waals surface area contributed by atoms with Crippen molar-refractivity contribution in [2.45, 2.75) is 52.0 Å². The van der Waals surface area contributed by atoms with Gasteiger partial charge < -0.3 is 10.6 Å². The minimum Gasteiger partial charge on any atom is -0.353 e. The number of hydrogen-bond donors (Lipinski definition) is 2. The lowest BCUT2D eigenvalue weighted by atomic mass is 9.95. The largest absolute Gasteiger partial charge is 0.353 e. The predicted molar refractivity (Wildman–Crippen MR) is 103 cm³/mol. The Kier molecular flexibility index (Phi) is 5.59. The van der Waals surface area contributed by atoms with Crippen molar-refractivity contribution in [1.82, 2.24) is 10.3 Å². The van der Waals surface area contributed by atoms with Crippen LogP contribution in [0.4, 0.5) is 11.4 Å². The normalized spacial score (nSPS) is 15.0. The number of carbonyl (C=O) groups excluding carboxylic acids is 1. The van der Waals surface area contributed by atoms with Crippen molar-refractivity contribution in [1.29, 1.82) is 0 Å². The summed E-state index contributed by atoms with van der Waals surface area (Å²) in [6.45, 7) is 4.02. The zero-order valence-corrected chi connectivity index (χ0v) is 15.5. The van der Waals surface area contributed by atoms with Gasteiger partial charge in [-0.25, -0.2) is 0 Å². The molecule has 0 radical (unpaired) electrons. The first kappa shape index (κ1) is 17.7. The molecule has 1 heterocycles. The molecule has 5 heteroatoms. The summed E-state index contributed by atoms with van der Waals surface area (Å²) in [6.07, 6.45) is 9.08. The minimum absolute atomic E-state index is 0.0604.